The van der Waals surface area contributed by atoms with Crippen molar-refractivity contribution in [3.8, 4) is 5.75 Å². The van der Waals surface area contributed by atoms with E-state index in [1.165, 1.54) is 25.1 Å². The van der Waals surface area contributed by atoms with Crippen LogP contribution in [0.1, 0.15) is 39.7 Å². The fourth-order valence-corrected chi connectivity index (χ4v) is 4.58. The van der Waals surface area contributed by atoms with Gasteiger partial charge < -0.3 is 59.4 Å². The molecule has 2 aliphatic rings. The molecule has 1 aromatic carbocycles. The second-order valence-corrected chi connectivity index (χ2v) is 11.5. The third-order valence-corrected chi connectivity index (χ3v) is 7.11. The smallest absolute Gasteiger partial charge is 0.331 e. The van der Waals surface area contributed by atoms with Crippen molar-refractivity contribution in [2.24, 2.45) is 0 Å². The summed E-state index contributed by atoms with van der Waals surface area (Å²) in [6.45, 7) is 5.92. The van der Waals surface area contributed by atoms with Gasteiger partial charge in [-0.25, -0.2) is 4.79 Å². The molecule has 0 bridgehead atoms. The molecule has 0 radical (unpaired) electrons. The van der Waals surface area contributed by atoms with Crippen LogP contribution in [0.5, 0.6) is 5.75 Å². The summed E-state index contributed by atoms with van der Waals surface area (Å²) in [5, 5.41) is 71.5. The molecule has 2 fully saturated rings. The number of aliphatic hydroxyl groups is 6. The van der Waals surface area contributed by atoms with Crippen LogP contribution in [-0.2, 0) is 28.5 Å². The molecule has 2 saturated heterocycles. The third-order valence-electron chi connectivity index (χ3n) is 7.11. The van der Waals surface area contributed by atoms with E-state index in [0.717, 1.165) is 11.6 Å². The van der Waals surface area contributed by atoms with Gasteiger partial charge in [-0.1, -0.05) is 35.9 Å². The van der Waals surface area contributed by atoms with Gasteiger partial charge in [0.05, 0.1) is 24.9 Å². The monoisotopic (exact) mass is 624 g/mol. The normalized spacial score (nSPS) is 33.6. The second-order valence-electron chi connectivity index (χ2n) is 11.5. The van der Waals surface area contributed by atoms with Gasteiger partial charge in [-0.05, 0) is 57.9 Å². The standard InChI is InChI=1S/C31H44O13/c1-17(6-5-14-31(3,4)39)13-15-40-29-26(38)28(44-30-25(37)24(36)23(35)18(2)41-30)27(21(16-32)42-29)43-22(34)12-9-19-7-10-20(33)11-8-19/h5,7-14,18,21,23-30,32-33,35-39H,6,15-16H2,1-4H3/b12-9+,14-5+,17-13+/t18-,21+,23-,24+,25+,26+,27+,28+,29+,30-/m0/s1. The quantitative estimate of drug-likeness (QED) is 0.0950. The minimum absolute atomic E-state index is 0.0148. The highest BCUT2D eigenvalue weighted by Crippen LogP contribution is 2.31. The van der Waals surface area contributed by atoms with Crippen molar-refractivity contribution in [3.05, 3.63) is 59.7 Å². The summed E-state index contributed by atoms with van der Waals surface area (Å²) in [5.41, 5.74) is 0.530. The van der Waals surface area contributed by atoms with Crippen LogP contribution in [0, 0.1) is 0 Å². The van der Waals surface area contributed by atoms with Gasteiger partial charge in [-0.15, -0.1) is 0 Å². The molecule has 0 aromatic heterocycles. The number of esters is 1. The van der Waals surface area contributed by atoms with Crippen LogP contribution < -0.4 is 0 Å². The van der Waals surface area contributed by atoms with Gasteiger partial charge in [-0.2, -0.15) is 0 Å². The molecular weight excluding hydrogens is 580 g/mol. The van der Waals surface area contributed by atoms with Crippen molar-refractivity contribution in [1.29, 1.82) is 0 Å². The maximum Gasteiger partial charge on any atom is 0.331 e. The van der Waals surface area contributed by atoms with Crippen molar-refractivity contribution in [1.82, 2.24) is 0 Å². The van der Waals surface area contributed by atoms with Gasteiger partial charge in [0.1, 0.15) is 42.4 Å². The van der Waals surface area contributed by atoms with Gasteiger partial charge in [0.25, 0.3) is 0 Å². The molecule has 0 unspecified atom stereocenters. The highest BCUT2D eigenvalue weighted by atomic mass is 16.7. The summed E-state index contributed by atoms with van der Waals surface area (Å²) >= 11 is 0. The summed E-state index contributed by atoms with van der Waals surface area (Å²) in [6.07, 6.45) is -6.16. The SMILES string of the molecule is C/C(=C\CO[C@@H]1O[C@H](CO)[C@@H](OC(=O)/C=C/c2ccc(O)cc2)[C@H](O[C@@H]2O[C@@H](C)[C@H](O)[C@@H](O)[C@H]2O)[C@H]1O)C/C=C/C(C)(C)O. The molecule has 2 heterocycles. The van der Waals surface area contributed by atoms with E-state index in [4.69, 9.17) is 23.7 Å². The molecule has 13 heteroatoms. The van der Waals surface area contributed by atoms with Crippen LogP contribution in [-0.4, -0.2) is 122 Å². The second kappa shape index (κ2) is 16.0. The molecule has 0 aliphatic carbocycles. The van der Waals surface area contributed by atoms with Gasteiger partial charge in [-0.3, -0.25) is 0 Å². The maximum absolute atomic E-state index is 12.8. The first-order valence-electron chi connectivity index (χ1n) is 14.3. The average molecular weight is 625 g/mol. The van der Waals surface area contributed by atoms with Crippen molar-refractivity contribution in [2.75, 3.05) is 13.2 Å². The van der Waals surface area contributed by atoms with Crippen LogP contribution in [0.4, 0.5) is 0 Å². The molecule has 0 saturated carbocycles. The van der Waals surface area contributed by atoms with Gasteiger partial charge in [0, 0.05) is 6.08 Å². The number of phenols is 1. The Hall–Kier alpha value is -2.69. The maximum atomic E-state index is 12.8. The first-order valence-corrected chi connectivity index (χ1v) is 14.3. The predicted octanol–water partition coefficient (Wildman–Crippen LogP) is 0.288. The zero-order chi connectivity index (χ0) is 32.6. The lowest BCUT2D eigenvalue weighted by Crippen LogP contribution is -2.65. The lowest BCUT2D eigenvalue weighted by Gasteiger charge is -2.46. The Balaban J connectivity index is 1.78. The van der Waals surface area contributed by atoms with Crippen LogP contribution in [0.3, 0.4) is 0 Å². The first-order chi connectivity index (χ1) is 20.7. The number of phenolic OH excluding ortho intramolecular Hbond substituents is 1. The topological polar surface area (TPSA) is 205 Å². The van der Waals surface area contributed by atoms with Crippen molar-refractivity contribution < 1.29 is 64.2 Å². The first kappa shape index (κ1) is 35.8. The molecule has 2 aliphatic heterocycles. The molecule has 10 atom stereocenters. The third kappa shape index (κ3) is 10.2. The van der Waals surface area contributed by atoms with Crippen LogP contribution in [0.15, 0.2) is 54.1 Å². The summed E-state index contributed by atoms with van der Waals surface area (Å²) in [6, 6.07) is 6.01. The van der Waals surface area contributed by atoms with Crippen molar-refractivity contribution >= 4 is 12.0 Å². The minimum Gasteiger partial charge on any atom is -0.508 e. The van der Waals surface area contributed by atoms with E-state index in [-0.39, 0.29) is 12.4 Å². The Labute approximate surface area is 256 Å². The summed E-state index contributed by atoms with van der Waals surface area (Å²) in [5.74, 6) is -0.829. The van der Waals surface area contributed by atoms with Gasteiger partial charge in [0.15, 0.2) is 18.7 Å². The van der Waals surface area contributed by atoms with Gasteiger partial charge in [0.2, 0.25) is 0 Å². The number of aromatic hydroxyl groups is 1. The highest BCUT2D eigenvalue weighted by molar-refractivity contribution is 5.87. The molecule has 1 aromatic rings. The Morgan fingerprint density at radius 3 is 2.30 bits per heavy atom. The Bertz CT molecular complexity index is 1140. The number of hydrogen-bond acceptors (Lipinski definition) is 13. The number of aliphatic hydroxyl groups excluding tert-OH is 5. The molecular formula is C31H44O13. The summed E-state index contributed by atoms with van der Waals surface area (Å²) in [4.78, 5) is 12.8. The molecule has 44 heavy (non-hydrogen) atoms. The zero-order valence-corrected chi connectivity index (χ0v) is 25.2. The van der Waals surface area contributed by atoms with E-state index < -0.39 is 79.6 Å². The number of benzene rings is 1. The number of ether oxygens (including phenoxy) is 5. The van der Waals surface area contributed by atoms with Crippen LogP contribution in [0.25, 0.3) is 6.08 Å². The Morgan fingerprint density at radius 1 is 0.977 bits per heavy atom. The van der Waals surface area contributed by atoms with Gasteiger partial charge >= 0.3 is 5.97 Å². The number of hydrogen-bond donors (Lipinski definition) is 7. The fourth-order valence-electron chi connectivity index (χ4n) is 4.58. The molecule has 7 N–H and O–H groups in total. The van der Waals surface area contributed by atoms with E-state index in [1.807, 2.05) is 6.92 Å². The van der Waals surface area contributed by atoms with Crippen LogP contribution in [0.2, 0.25) is 0 Å². The lowest BCUT2D eigenvalue weighted by molar-refractivity contribution is -0.356. The van der Waals surface area contributed by atoms with Crippen molar-refractivity contribution in [2.45, 2.75) is 101 Å². The van der Waals surface area contributed by atoms with E-state index >= 15 is 0 Å². The summed E-state index contributed by atoms with van der Waals surface area (Å²) < 4.78 is 28.4. The highest BCUT2D eigenvalue weighted by Gasteiger charge is 2.52. The largest absolute Gasteiger partial charge is 0.508 e. The molecule has 0 spiro atoms. The number of carbonyl (C=O) groups excluding carboxylic acids is 1. The number of carbonyl (C=O) groups is 1. The molecule has 246 valence electrons. The Morgan fingerprint density at radius 2 is 1.66 bits per heavy atom. The van der Waals surface area contributed by atoms with Crippen molar-refractivity contribution in [3.63, 3.8) is 0 Å². The predicted molar refractivity (Wildman–Crippen MR) is 156 cm³/mol. The zero-order valence-electron chi connectivity index (χ0n) is 25.2. The molecule has 3 rings (SSSR count). The van der Waals surface area contributed by atoms with E-state index in [1.54, 1.807) is 44.2 Å². The van der Waals surface area contributed by atoms with E-state index in [9.17, 15) is 40.5 Å². The van der Waals surface area contributed by atoms with E-state index in [2.05, 4.69) is 0 Å². The number of allylic oxidation sites excluding steroid dienone is 2. The van der Waals surface area contributed by atoms with Crippen LogP contribution >= 0.6 is 0 Å². The lowest BCUT2D eigenvalue weighted by atomic mass is 9.97. The summed E-state index contributed by atoms with van der Waals surface area (Å²) in [7, 11) is 0. The molecule has 0 amide bonds. The Kier molecular flexibility index (Phi) is 13.0. The average Bonchev–Trinajstić information content (AvgIpc) is 2.96. The number of rotatable bonds is 12. The minimum atomic E-state index is -1.73. The van der Waals surface area contributed by atoms with E-state index in [0.29, 0.717) is 12.0 Å². The molecule has 13 nitrogen and oxygen atoms in total. The fraction of sp³-hybridized carbons (Fsp3) is 0.581.